The SMILES string of the molecule is C[C@@H](C(=O)NCc1ccccc1F)n1cncn1. The molecule has 1 aromatic heterocycles. The summed E-state index contributed by atoms with van der Waals surface area (Å²) in [7, 11) is 0. The van der Waals surface area contributed by atoms with E-state index in [-0.39, 0.29) is 18.3 Å². The van der Waals surface area contributed by atoms with Crippen LogP contribution in [0.25, 0.3) is 0 Å². The van der Waals surface area contributed by atoms with Gasteiger partial charge in [0.15, 0.2) is 0 Å². The molecule has 0 aliphatic heterocycles. The van der Waals surface area contributed by atoms with E-state index in [4.69, 9.17) is 0 Å². The molecule has 0 saturated heterocycles. The van der Waals surface area contributed by atoms with Crippen molar-refractivity contribution in [1.82, 2.24) is 20.1 Å². The molecule has 1 N–H and O–H groups in total. The van der Waals surface area contributed by atoms with Gasteiger partial charge < -0.3 is 5.32 Å². The molecular weight excluding hydrogens is 235 g/mol. The monoisotopic (exact) mass is 248 g/mol. The van der Waals surface area contributed by atoms with Gasteiger partial charge >= 0.3 is 0 Å². The standard InChI is InChI=1S/C12H13FN4O/c1-9(17-8-14-7-16-17)12(18)15-6-10-4-2-3-5-11(10)13/h2-5,7-9H,6H2,1H3,(H,15,18)/t9-/m0/s1. The largest absolute Gasteiger partial charge is 0.350 e. The second-order valence-corrected chi connectivity index (χ2v) is 3.86. The van der Waals surface area contributed by atoms with Gasteiger partial charge in [0.2, 0.25) is 5.91 Å². The first-order valence-electron chi connectivity index (χ1n) is 5.53. The minimum atomic E-state index is -0.473. The fourth-order valence-electron chi connectivity index (χ4n) is 1.51. The zero-order valence-electron chi connectivity index (χ0n) is 9.88. The van der Waals surface area contributed by atoms with Crippen LogP contribution in [0.5, 0.6) is 0 Å². The summed E-state index contributed by atoms with van der Waals surface area (Å²) in [5.41, 5.74) is 0.455. The summed E-state index contributed by atoms with van der Waals surface area (Å²) < 4.78 is 14.8. The van der Waals surface area contributed by atoms with E-state index in [2.05, 4.69) is 15.4 Å². The molecule has 2 rings (SSSR count). The molecule has 1 atom stereocenters. The molecule has 18 heavy (non-hydrogen) atoms. The maximum Gasteiger partial charge on any atom is 0.244 e. The van der Waals surface area contributed by atoms with Crippen molar-refractivity contribution in [3.63, 3.8) is 0 Å². The molecule has 5 nitrogen and oxygen atoms in total. The maximum absolute atomic E-state index is 13.3. The average molecular weight is 248 g/mol. The molecule has 0 aliphatic carbocycles. The number of nitrogens with zero attached hydrogens (tertiary/aromatic N) is 3. The minimum absolute atomic E-state index is 0.157. The molecule has 2 aromatic rings. The molecule has 0 bridgehead atoms. The normalized spacial score (nSPS) is 12.1. The van der Waals surface area contributed by atoms with E-state index in [1.807, 2.05) is 0 Å². The van der Waals surface area contributed by atoms with Gasteiger partial charge in [-0.15, -0.1) is 0 Å². The number of nitrogens with one attached hydrogen (secondary N) is 1. The molecular formula is C12H13FN4O. The zero-order valence-corrected chi connectivity index (χ0v) is 9.88. The van der Waals surface area contributed by atoms with E-state index in [1.54, 1.807) is 25.1 Å². The summed E-state index contributed by atoms with van der Waals surface area (Å²) in [6.45, 7) is 1.86. The third-order valence-corrected chi connectivity index (χ3v) is 2.62. The van der Waals surface area contributed by atoms with Crippen molar-refractivity contribution in [2.24, 2.45) is 0 Å². The number of amides is 1. The molecule has 94 valence electrons. The Morgan fingerprint density at radius 2 is 2.28 bits per heavy atom. The topological polar surface area (TPSA) is 59.8 Å². The first-order chi connectivity index (χ1) is 8.68. The van der Waals surface area contributed by atoms with Gasteiger partial charge in [0.05, 0.1) is 0 Å². The van der Waals surface area contributed by atoms with E-state index >= 15 is 0 Å². The van der Waals surface area contributed by atoms with E-state index in [0.29, 0.717) is 5.56 Å². The molecule has 0 spiro atoms. The lowest BCUT2D eigenvalue weighted by Gasteiger charge is -2.12. The second-order valence-electron chi connectivity index (χ2n) is 3.86. The van der Waals surface area contributed by atoms with Crippen LogP contribution in [0.15, 0.2) is 36.9 Å². The summed E-state index contributed by atoms with van der Waals surface area (Å²) >= 11 is 0. The van der Waals surface area contributed by atoms with Crippen LogP contribution >= 0.6 is 0 Å². The van der Waals surface area contributed by atoms with Crippen molar-refractivity contribution in [3.8, 4) is 0 Å². The second kappa shape index (κ2) is 5.39. The van der Waals surface area contributed by atoms with E-state index < -0.39 is 6.04 Å². The number of benzene rings is 1. The third-order valence-electron chi connectivity index (χ3n) is 2.62. The van der Waals surface area contributed by atoms with Crippen LogP contribution in [0, 0.1) is 5.82 Å². The number of rotatable bonds is 4. The fourth-order valence-corrected chi connectivity index (χ4v) is 1.51. The number of carbonyl (C=O) groups is 1. The Kier molecular flexibility index (Phi) is 3.66. The van der Waals surface area contributed by atoms with Gasteiger partial charge in [0.25, 0.3) is 0 Å². The van der Waals surface area contributed by atoms with Crippen LogP contribution in [0.1, 0.15) is 18.5 Å². The van der Waals surface area contributed by atoms with Gasteiger partial charge in [0.1, 0.15) is 24.5 Å². The summed E-state index contributed by atoms with van der Waals surface area (Å²) in [6, 6.07) is 5.86. The molecule has 0 aliphatic rings. The van der Waals surface area contributed by atoms with Gasteiger partial charge in [-0.1, -0.05) is 18.2 Å². The lowest BCUT2D eigenvalue weighted by Crippen LogP contribution is -2.31. The molecule has 1 aromatic carbocycles. The Bertz CT molecular complexity index is 527. The molecule has 6 heteroatoms. The Hall–Kier alpha value is -2.24. The van der Waals surface area contributed by atoms with Gasteiger partial charge in [-0.3, -0.25) is 4.79 Å². The van der Waals surface area contributed by atoms with E-state index in [9.17, 15) is 9.18 Å². The summed E-state index contributed by atoms with van der Waals surface area (Å²) in [5, 5.41) is 6.54. The Labute approximate surface area is 104 Å². The lowest BCUT2D eigenvalue weighted by atomic mass is 10.2. The summed E-state index contributed by atoms with van der Waals surface area (Å²) in [4.78, 5) is 15.6. The molecule has 0 radical (unpaired) electrons. The van der Waals surface area contributed by atoms with Crippen LogP contribution in [0.2, 0.25) is 0 Å². The molecule has 1 amide bonds. The molecule has 0 fully saturated rings. The van der Waals surface area contributed by atoms with Gasteiger partial charge in [0, 0.05) is 12.1 Å². The predicted molar refractivity (Wildman–Crippen MR) is 63.0 cm³/mol. The highest BCUT2D eigenvalue weighted by Gasteiger charge is 2.15. The summed E-state index contributed by atoms with van der Waals surface area (Å²) in [5.74, 6) is -0.560. The average Bonchev–Trinajstić information content (AvgIpc) is 2.90. The number of aromatic nitrogens is 3. The van der Waals surface area contributed by atoms with Crippen LogP contribution in [0.4, 0.5) is 4.39 Å². The Morgan fingerprint density at radius 3 is 2.94 bits per heavy atom. The quantitative estimate of drug-likeness (QED) is 0.887. The first kappa shape index (κ1) is 12.2. The Morgan fingerprint density at radius 1 is 1.50 bits per heavy atom. The van der Waals surface area contributed by atoms with Crippen molar-refractivity contribution < 1.29 is 9.18 Å². The smallest absolute Gasteiger partial charge is 0.244 e. The number of carbonyl (C=O) groups excluding carboxylic acids is 1. The fraction of sp³-hybridized carbons (Fsp3) is 0.250. The lowest BCUT2D eigenvalue weighted by molar-refractivity contribution is -0.124. The summed E-state index contributed by atoms with van der Waals surface area (Å²) in [6.07, 6.45) is 2.83. The first-order valence-corrected chi connectivity index (χ1v) is 5.53. The highest BCUT2D eigenvalue weighted by Crippen LogP contribution is 2.07. The zero-order chi connectivity index (χ0) is 13.0. The van der Waals surface area contributed by atoms with Crippen LogP contribution in [-0.4, -0.2) is 20.7 Å². The van der Waals surface area contributed by atoms with Crippen LogP contribution < -0.4 is 5.32 Å². The van der Waals surface area contributed by atoms with E-state index in [0.717, 1.165) is 0 Å². The van der Waals surface area contributed by atoms with Crippen LogP contribution in [-0.2, 0) is 11.3 Å². The predicted octanol–water partition coefficient (Wildman–Crippen LogP) is 1.29. The van der Waals surface area contributed by atoms with Gasteiger partial charge in [-0.25, -0.2) is 14.1 Å². The van der Waals surface area contributed by atoms with Gasteiger partial charge in [-0.2, -0.15) is 5.10 Å². The number of hydrogen-bond acceptors (Lipinski definition) is 3. The van der Waals surface area contributed by atoms with Crippen molar-refractivity contribution in [2.75, 3.05) is 0 Å². The molecule has 0 saturated carbocycles. The number of halogens is 1. The third kappa shape index (κ3) is 2.71. The van der Waals surface area contributed by atoms with Gasteiger partial charge in [-0.05, 0) is 13.0 Å². The highest BCUT2D eigenvalue weighted by molar-refractivity contribution is 5.79. The maximum atomic E-state index is 13.3. The molecule has 1 heterocycles. The van der Waals surface area contributed by atoms with Crippen molar-refractivity contribution in [1.29, 1.82) is 0 Å². The van der Waals surface area contributed by atoms with Crippen molar-refractivity contribution in [3.05, 3.63) is 48.3 Å². The van der Waals surface area contributed by atoms with Crippen molar-refractivity contribution in [2.45, 2.75) is 19.5 Å². The Balaban J connectivity index is 1.95. The van der Waals surface area contributed by atoms with Crippen molar-refractivity contribution >= 4 is 5.91 Å². The minimum Gasteiger partial charge on any atom is -0.350 e. The highest BCUT2D eigenvalue weighted by atomic mass is 19.1. The van der Waals surface area contributed by atoms with Crippen LogP contribution in [0.3, 0.4) is 0 Å². The molecule has 0 unspecified atom stereocenters. The van der Waals surface area contributed by atoms with E-state index in [1.165, 1.54) is 23.4 Å². The number of hydrogen-bond donors (Lipinski definition) is 1.